The molecule has 1 aromatic heterocycles. The van der Waals surface area contributed by atoms with Crippen LogP contribution >= 0.6 is 0 Å². The van der Waals surface area contributed by atoms with Crippen LogP contribution in [0.4, 0.5) is 0 Å². The molecule has 2 rings (SSSR count). The van der Waals surface area contributed by atoms with E-state index in [1.54, 1.807) is 4.57 Å². The summed E-state index contributed by atoms with van der Waals surface area (Å²) in [6.45, 7) is 3.89. The van der Waals surface area contributed by atoms with E-state index < -0.39 is 11.4 Å². The molecule has 0 fully saturated rings. The lowest BCUT2D eigenvalue weighted by Gasteiger charge is -2.18. The molecule has 4 heteroatoms. The highest BCUT2D eigenvalue weighted by Gasteiger charge is 2.14. The topological polar surface area (TPSA) is 59.3 Å². The normalized spacial score (nSPS) is 10.7. The molecule has 0 radical (unpaired) electrons. The van der Waals surface area contributed by atoms with Gasteiger partial charge in [-0.2, -0.15) is 0 Å². The van der Waals surface area contributed by atoms with Crippen LogP contribution in [0.5, 0.6) is 0 Å². The maximum atomic E-state index is 11.8. The number of nitrogens with zero attached hydrogens (tertiary/aromatic N) is 1. The molecule has 0 unspecified atom stereocenters. The summed E-state index contributed by atoms with van der Waals surface area (Å²) in [4.78, 5) is 22.9. The minimum absolute atomic E-state index is 0.0638. The van der Waals surface area contributed by atoms with E-state index in [0.29, 0.717) is 0 Å². The molecule has 98 valence electrons. The molecule has 0 aliphatic heterocycles. The van der Waals surface area contributed by atoms with Gasteiger partial charge in [0.1, 0.15) is 5.56 Å². The van der Waals surface area contributed by atoms with Gasteiger partial charge in [0.15, 0.2) is 5.43 Å². The molecule has 4 nitrogen and oxygen atoms in total. The highest BCUT2D eigenvalue weighted by molar-refractivity contribution is 5.87. The molecule has 0 saturated heterocycles. The Labute approximate surface area is 110 Å². The number of hydrogen-bond donors (Lipinski definition) is 1. The molecule has 0 aliphatic carbocycles. The predicted molar refractivity (Wildman–Crippen MR) is 73.5 cm³/mol. The SMILES string of the molecule is CC(C)n1cc(C(=O)O)c(=O)cc1-c1ccccc1. The number of hydrogen-bond acceptors (Lipinski definition) is 2. The van der Waals surface area contributed by atoms with Gasteiger partial charge >= 0.3 is 5.97 Å². The van der Waals surface area contributed by atoms with Crippen molar-refractivity contribution in [3.63, 3.8) is 0 Å². The quantitative estimate of drug-likeness (QED) is 0.919. The second-order valence-electron chi connectivity index (χ2n) is 4.61. The molecule has 0 bridgehead atoms. The molecule has 0 amide bonds. The molecule has 1 heterocycles. The molecular formula is C15H15NO3. The van der Waals surface area contributed by atoms with Gasteiger partial charge in [0.2, 0.25) is 0 Å². The molecule has 1 N–H and O–H groups in total. The fraction of sp³-hybridized carbons (Fsp3) is 0.200. The average Bonchev–Trinajstić information content (AvgIpc) is 2.38. The summed E-state index contributed by atoms with van der Waals surface area (Å²) in [6.07, 6.45) is 1.41. The molecule has 19 heavy (non-hydrogen) atoms. The van der Waals surface area contributed by atoms with Crippen molar-refractivity contribution in [2.75, 3.05) is 0 Å². The number of aromatic carboxylic acids is 1. The number of benzene rings is 1. The standard InChI is InChI=1S/C15H15NO3/c1-10(2)16-9-12(15(18)19)14(17)8-13(16)11-6-4-3-5-7-11/h3-10H,1-2H3,(H,18,19). The smallest absolute Gasteiger partial charge is 0.341 e. The number of carboxylic acids is 1. The summed E-state index contributed by atoms with van der Waals surface area (Å²) in [5.41, 5.74) is 0.951. The van der Waals surface area contributed by atoms with Crippen molar-refractivity contribution in [3.05, 3.63) is 58.4 Å². The van der Waals surface area contributed by atoms with Crippen molar-refractivity contribution in [2.24, 2.45) is 0 Å². The summed E-state index contributed by atoms with van der Waals surface area (Å²) < 4.78 is 1.81. The van der Waals surface area contributed by atoms with Crippen molar-refractivity contribution in [3.8, 4) is 11.3 Å². The summed E-state index contributed by atoms with van der Waals surface area (Å²) in [5.74, 6) is -1.20. The van der Waals surface area contributed by atoms with Crippen LogP contribution in [0.3, 0.4) is 0 Å². The summed E-state index contributed by atoms with van der Waals surface area (Å²) in [6, 6.07) is 10.9. The Bertz CT molecular complexity index is 657. The minimum Gasteiger partial charge on any atom is -0.477 e. The second-order valence-corrected chi connectivity index (χ2v) is 4.61. The zero-order chi connectivity index (χ0) is 14.0. The molecule has 0 spiro atoms. The molecule has 0 atom stereocenters. The van der Waals surface area contributed by atoms with Gasteiger partial charge in [0.25, 0.3) is 0 Å². The fourth-order valence-electron chi connectivity index (χ4n) is 1.98. The highest BCUT2D eigenvalue weighted by Crippen LogP contribution is 2.21. The van der Waals surface area contributed by atoms with Gasteiger partial charge < -0.3 is 9.67 Å². The Hall–Kier alpha value is -2.36. The predicted octanol–water partition coefficient (Wildman–Crippen LogP) is 2.79. The van der Waals surface area contributed by atoms with Crippen molar-refractivity contribution >= 4 is 5.97 Å². The summed E-state index contributed by atoms with van der Waals surface area (Å²) >= 11 is 0. The Balaban J connectivity index is 2.71. The van der Waals surface area contributed by atoms with E-state index in [9.17, 15) is 9.59 Å². The van der Waals surface area contributed by atoms with E-state index in [-0.39, 0.29) is 11.6 Å². The van der Waals surface area contributed by atoms with E-state index in [1.807, 2.05) is 44.2 Å². The molecule has 1 aromatic carbocycles. The van der Waals surface area contributed by atoms with E-state index in [1.165, 1.54) is 12.3 Å². The van der Waals surface area contributed by atoms with Gasteiger partial charge in [-0.1, -0.05) is 30.3 Å². The zero-order valence-corrected chi connectivity index (χ0v) is 10.8. The van der Waals surface area contributed by atoms with Crippen LogP contribution in [0.25, 0.3) is 11.3 Å². The minimum atomic E-state index is -1.20. The Morgan fingerprint density at radius 3 is 2.37 bits per heavy atom. The summed E-state index contributed by atoms with van der Waals surface area (Å²) in [7, 11) is 0. The van der Waals surface area contributed by atoms with E-state index in [2.05, 4.69) is 0 Å². The number of carboxylic acid groups (broad SMARTS) is 1. The van der Waals surface area contributed by atoms with Crippen LogP contribution in [0.15, 0.2) is 47.4 Å². The Morgan fingerprint density at radius 1 is 1.21 bits per heavy atom. The fourth-order valence-corrected chi connectivity index (χ4v) is 1.98. The van der Waals surface area contributed by atoms with E-state index >= 15 is 0 Å². The number of rotatable bonds is 3. The van der Waals surface area contributed by atoms with Crippen molar-refractivity contribution in [1.82, 2.24) is 4.57 Å². The van der Waals surface area contributed by atoms with Gasteiger partial charge in [-0.05, 0) is 19.4 Å². The summed E-state index contributed by atoms with van der Waals surface area (Å²) in [5, 5.41) is 9.02. The van der Waals surface area contributed by atoms with Crippen LogP contribution in [0, 0.1) is 0 Å². The maximum absolute atomic E-state index is 11.8. The lowest BCUT2D eigenvalue weighted by atomic mass is 10.1. The van der Waals surface area contributed by atoms with Gasteiger partial charge in [0.05, 0.1) is 5.69 Å². The van der Waals surface area contributed by atoms with Crippen LogP contribution in [-0.2, 0) is 0 Å². The Kier molecular flexibility index (Phi) is 3.51. The van der Waals surface area contributed by atoms with Gasteiger partial charge in [-0.3, -0.25) is 4.79 Å². The second kappa shape index (κ2) is 5.10. The maximum Gasteiger partial charge on any atom is 0.341 e. The third-order valence-corrected chi connectivity index (χ3v) is 2.94. The van der Waals surface area contributed by atoms with E-state index in [0.717, 1.165) is 11.3 Å². The van der Waals surface area contributed by atoms with Gasteiger partial charge in [-0.25, -0.2) is 4.79 Å². The molecule has 2 aromatic rings. The van der Waals surface area contributed by atoms with Crippen LogP contribution in [0.2, 0.25) is 0 Å². The van der Waals surface area contributed by atoms with Crippen LogP contribution in [-0.4, -0.2) is 15.6 Å². The molecule has 0 saturated carbocycles. The van der Waals surface area contributed by atoms with Gasteiger partial charge in [0, 0.05) is 18.3 Å². The zero-order valence-electron chi connectivity index (χ0n) is 10.8. The first kappa shape index (κ1) is 13.1. The first-order chi connectivity index (χ1) is 9.00. The monoisotopic (exact) mass is 257 g/mol. The number of carbonyl (C=O) groups is 1. The van der Waals surface area contributed by atoms with Crippen molar-refractivity contribution < 1.29 is 9.90 Å². The largest absolute Gasteiger partial charge is 0.477 e. The van der Waals surface area contributed by atoms with Crippen LogP contribution in [0.1, 0.15) is 30.2 Å². The Morgan fingerprint density at radius 2 is 1.84 bits per heavy atom. The molecule has 0 aliphatic rings. The van der Waals surface area contributed by atoms with Crippen molar-refractivity contribution in [2.45, 2.75) is 19.9 Å². The number of pyridine rings is 1. The average molecular weight is 257 g/mol. The first-order valence-electron chi connectivity index (χ1n) is 6.05. The van der Waals surface area contributed by atoms with Crippen LogP contribution < -0.4 is 5.43 Å². The lowest BCUT2D eigenvalue weighted by Crippen LogP contribution is -2.19. The van der Waals surface area contributed by atoms with E-state index in [4.69, 9.17) is 5.11 Å². The third-order valence-electron chi connectivity index (χ3n) is 2.94. The van der Waals surface area contributed by atoms with Gasteiger partial charge in [-0.15, -0.1) is 0 Å². The van der Waals surface area contributed by atoms with Crippen molar-refractivity contribution in [1.29, 1.82) is 0 Å². The highest BCUT2D eigenvalue weighted by atomic mass is 16.4. The number of aromatic nitrogens is 1. The third kappa shape index (κ3) is 2.57. The molecular weight excluding hydrogens is 242 g/mol. The lowest BCUT2D eigenvalue weighted by molar-refractivity contribution is 0.0694. The first-order valence-corrected chi connectivity index (χ1v) is 6.05.